The van der Waals surface area contributed by atoms with Crippen LogP contribution in [0.1, 0.15) is 22.3 Å². The molecule has 24 heteroatoms. The first-order valence-corrected chi connectivity index (χ1v) is 22.1. The molecule has 0 amide bonds. The zero-order valence-electron chi connectivity index (χ0n) is 36.1. The molecule has 6 aromatic carbocycles. The van der Waals surface area contributed by atoms with Crippen molar-refractivity contribution in [1.29, 1.82) is 0 Å². The molecule has 0 unspecified atom stereocenters. The minimum atomic E-state index is -7.22. The number of hydrogen-bond donors (Lipinski definition) is 0. The molecular weight excluding hydrogens is 1130 g/mol. The molecule has 0 radical (unpaired) electrons. The van der Waals surface area contributed by atoms with Gasteiger partial charge in [-0.15, -0.1) is 21.9 Å². The van der Waals surface area contributed by atoms with Crippen LogP contribution in [0.4, 0.5) is 87.8 Å². The van der Waals surface area contributed by atoms with E-state index in [1.807, 2.05) is 0 Å². The van der Waals surface area contributed by atoms with Crippen LogP contribution in [0.2, 0.25) is 0 Å². The van der Waals surface area contributed by atoms with E-state index in [0.717, 1.165) is 7.53 Å². The van der Waals surface area contributed by atoms with E-state index >= 15 is 35.1 Å². The molecule has 0 saturated carbocycles. The summed E-state index contributed by atoms with van der Waals surface area (Å²) >= 11 is -0.570. The standard InChI is InChI=1S/C24BF20.C24H22IO2/c26-5-1(6(27)14(35)21(42)13(5)34)25(2-7(28)15(36)22(43)16(37)8(2)29,3-9(30)17(38)23(44)18(39)10(3)31)4-11(32)19(40)24(45)20(41)12(4)33;1-15-7-5-9-19(17(15)3)21-11-13-26-23(21)25-24-22(12-14-27-24)20-10-6-8-16(2)18(20)4/h;5-14H,1-4H3/q-1;+1. The molecule has 0 aliphatic heterocycles. The van der Waals surface area contributed by atoms with Crippen molar-refractivity contribution in [3.63, 3.8) is 0 Å². The van der Waals surface area contributed by atoms with E-state index in [0.29, 0.717) is 0 Å². The monoisotopic (exact) mass is 1150 g/mol. The minimum Gasteiger partial charge on any atom is -0.426 e. The molecule has 72 heavy (non-hydrogen) atoms. The Morgan fingerprint density at radius 2 is 0.514 bits per heavy atom. The fraction of sp³-hybridized carbons (Fsp3) is 0.0833. The fourth-order valence-corrected chi connectivity index (χ4v) is 10.7. The highest BCUT2D eigenvalue weighted by atomic mass is 127. The number of hydrogen-bond acceptors (Lipinski definition) is 2. The first-order valence-electron chi connectivity index (χ1n) is 19.9. The Morgan fingerprint density at radius 1 is 0.292 bits per heavy atom. The second-order valence-corrected chi connectivity index (χ2v) is 18.1. The van der Waals surface area contributed by atoms with Crippen molar-refractivity contribution in [2.45, 2.75) is 27.7 Å². The van der Waals surface area contributed by atoms with Crippen LogP contribution in [0.15, 0.2) is 69.9 Å². The highest BCUT2D eigenvalue weighted by molar-refractivity contribution is 7.20. The predicted molar refractivity (Wildman–Crippen MR) is 214 cm³/mol. The molecule has 0 bridgehead atoms. The highest BCUT2D eigenvalue weighted by Gasteiger charge is 2.52. The van der Waals surface area contributed by atoms with Crippen molar-refractivity contribution in [2.24, 2.45) is 0 Å². The Labute approximate surface area is 401 Å². The molecule has 0 fully saturated rings. The SMILES string of the molecule is Cc1cccc(-c2ccoc2[I+]c2occc2-c2cccc(C)c2C)c1C.Fc1c(F)c(F)c([B-](c2c(F)c(F)c(F)c(F)c2F)(c2c(F)c(F)c(F)c(F)c2F)c2c(F)c(F)c(F)c(F)c2F)c(F)c1F. The van der Waals surface area contributed by atoms with Crippen LogP contribution in [-0.4, -0.2) is 6.15 Å². The molecule has 376 valence electrons. The molecule has 2 heterocycles. The molecule has 2 nitrogen and oxygen atoms in total. The van der Waals surface area contributed by atoms with Gasteiger partial charge in [-0.3, -0.25) is 0 Å². The maximum atomic E-state index is 15.4. The Morgan fingerprint density at radius 3 is 0.750 bits per heavy atom. The summed E-state index contributed by atoms with van der Waals surface area (Å²) in [5.74, 6) is -71.4. The molecule has 0 aliphatic rings. The number of benzene rings is 6. The molecule has 0 saturated heterocycles. The maximum Gasteiger partial charge on any atom is 0.444 e. The first-order chi connectivity index (χ1) is 33.8. The average molecular weight is 1150 g/mol. The summed E-state index contributed by atoms with van der Waals surface area (Å²) < 4.78 is 308. The van der Waals surface area contributed by atoms with Gasteiger partial charge in [-0.25, -0.2) is 87.8 Å². The second-order valence-electron chi connectivity index (χ2n) is 15.6. The van der Waals surface area contributed by atoms with Gasteiger partial charge in [0.05, 0.1) is 23.7 Å². The lowest BCUT2D eigenvalue weighted by Gasteiger charge is -2.44. The predicted octanol–water partition coefficient (Wildman–Crippen LogP) is 9.41. The first kappa shape index (κ1) is 53.1. The summed E-state index contributed by atoms with van der Waals surface area (Å²) in [6.45, 7) is 8.65. The van der Waals surface area contributed by atoms with Crippen LogP contribution in [0, 0.1) is 152 Å². The molecule has 8 rings (SSSR count). The van der Waals surface area contributed by atoms with Gasteiger partial charge in [-0.1, -0.05) is 36.4 Å². The Kier molecular flexibility index (Phi) is 14.5. The van der Waals surface area contributed by atoms with Gasteiger partial charge in [0.1, 0.15) is 52.7 Å². The summed E-state index contributed by atoms with van der Waals surface area (Å²) in [5.41, 5.74) is -4.25. The van der Waals surface area contributed by atoms with E-state index in [9.17, 15) is 52.7 Å². The van der Waals surface area contributed by atoms with Crippen molar-refractivity contribution < 1.29 is 118 Å². The van der Waals surface area contributed by atoms with Gasteiger partial charge in [0.25, 0.3) is 0 Å². The zero-order valence-corrected chi connectivity index (χ0v) is 38.3. The summed E-state index contributed by atoms with van der Waals surface area (Å²) in [4.78, 5) is 0. The highest BCUT2D eigenvalue weighted by Crippen LogP contribution is 2.32. The van der Waals surface area contributed by atoms with E-state index in [1.54, 1.807) is 12.5 Å². The third-order valence-electron chi connectivity index (χ3n) is 11.9. The van der Waals surface area contributed by atoms with Gasteiger partial charge < -0.3 is 8.83 Å². The van der Waals surface area contributed by atoms with Crippen molar-refractivity contribution in [1.82, 2.24) is 0 Å². The molecule has 8 aromatic rings. The lowest BCUT2D eigenvalue weighted by atomic mass is 9.12. The summed E-state index contributed by atoms with van der Waals surface area (Å²) in [7, 11) is 0. The van der Waals surface area contributed by atoms with Gasteiger partial charge in [0.2, 0.25) is 0 Å². The number of rotatable bonds is 8. The van der Waals surface area contributed by atoms with Gasteiger partial charge >= 0.3 is 28.7 Å². The van der Waals surface area contributed by atoms with Crippen LogP contribution in [-0.2, 0) is 0 Å². The van der Waals surface area contributed by atoms with Crippen LogP contribution in [0.5, 0.6) is 0 Å². The molecule has 0 spiro atoms. The Balaban J connectivity index is 0.000000238. The van der Waals surface area contributed by atoms with Crippen molar-refractivity contribution in [2.75, 3.05) is 0 Å². The number of halogens is 21. The number of aryl methyl sites for hydroxylation is 2. The van der Waals surface area contributed by atoms with E-state index in [1.165, 1.54) is 44.5 Å². The topological polar surface area (TPSA) is 26.3 Å². The van der Waals surface area contributed by atoms with E-state index in [4.69, 9.17) is 8.83 Å². The summed E-state index contributed by atoms with van der Waals surface area (Å²) in [6, 6.07) is 17.0. The fourth-order valence-electron chi connectivity index (χ4n) is 8.16. The Hall–Kier alpha value is -6.73. The van der Waals surface area contributed by atoms with Gasteiger partial charge in [0.15, 0.2) is 69.8 Å². The van der Waals surface area contributed by atoms with Crippen LogP contribution < -0.4 is 43.1 Å². The van der Waals surface area contributed by atoms with Crippen molar-refractivity contribution >= 4 is 28.0 Å². The lowest BCUT2D eigenvalue weighted by Crippen LogP contribution is -3.61. The molecule has 0 aliphatic carbocycles. The van der Waals surface area contributed by atoms with Gasteiger partial charge in [-0.05, 0) is 73.2 Å². The third kappa shape index (κ3) is 8.17. The van der Waals surface area contributed by atoms with Gasteiger partial charge in [0, 0.05) is 0 Å². The molecule has 0 N–H and O–H groups in total. The minimum absolute atomic E-state index is 0.570. The van der Waals surface area contributed by atoms with E-state index in [2.05, 4.69) is 76.2 Å². The quantitative estimate of drug-likeness (QED) is 0.0499. The average Bonchev–Trinajstić information content (AvgIpc) is 4.03. The van der Waals surface area contributed by atoms with Crippen molar-refractivity contribution in [3.8, 4) is 22.3 Å². The summed E-state index contributed by atoms with van der Waals surface area (Å²) in [5, 5.41) is 0. The third-order valence-corrected chi connectivity index (χ3v) is 14.6. The normalized spacial score (nSPS) is 11.7. The smallest absolute Gasteiger partial charge is 0.426 e. The van der Waals surface area contributed by atoms with Crippen molar-refractivity contribution in [3.05, 3.63) is 207 Å². The van der Waals surface area contributed by atoms with Crippen LogP contribution in [0.25, 0.3) is 22.3 Å². The largest absolute Gasteiger partial charge is 0.444 e. The lowest BCUT2D eigenvalue weighted by molar-refractivity contribution is -0.634. The Bertz CT molecular complexity index is 3050. The zero-order chi connectivity index (χ0) is 53.3. The van der Waals surface area contributed by atoms with Crippen LogP contribution >= 0.6 is 0 Å². The second kappa shape index (κ2) is 19.7. The van der Waals surface area contributed by atoms with Crippen LogP contribution in [0.3, 0.4) is 0 Å². The maximum absolute atomic E-state index is 15.4. The van der Waals surface area contributed by atoms with E-state index in [-0.39, 0.29) is 0 Å². The van der Waals surface area contributed by atoms with Gasteiger partial charge in [-0.2, -0.15) is 0 Å². The molecule has 0 atom stereocenters. The molecule has 2 aromatic heterocycles. The number of furan rings is 2. The molecular formula is C48H22BF20IO2. The van der Waals surface area contributed by atoms with E-state index < -0.39 is 166 Å². The summed E-state index contributed by atoms with van der Waals surface area (Å²) in [6.07, 6.45) is -3.62.